The van der Waals surface area contributed by atoms with E-state index in [2.05, 4.69) is 0 Å². The van der Waals surface area contributed by atoms with E-state index in [0.717, 1.165) is 23.2 Å². The summed E-state index contributed by atoms with van der Waals surface area (Å²) in [4.78, 5) is 0. The fraction of sp³-hybridized carbons (Fsp3) is 0.0769. The van der Waals surface area contributed by atoms with Crippen molar-refractivity contribution in [3.05, 3.63) is 53.6 Å². The van der Waals surface area contributed by atoms with E-state index in [0.29, 0.717) is 5.69 Å². The van der Waals surface area contributed by atoms with E-state index >= 15 is 0 Å². The Bertz CT molecular complexity index is 509. The van der Waals surface area contributed by atoms with Crippen LogP contribution in [0, 0.1) is 0 Å². The van der Waals surface area contributed by atoms with Crippen LogP contribution < -0.4 is 11.5 Å². The van der Waals surface area contributed by atoms with Crippen molar-refractivity contribution in [2.24, 2.45) is 0 Å². The standard InChI is InChI=1S/C13H14N2O/c14-11-3-1-2-9(7-11)6-10-4-5-13(16)12(15)8-10/h1-5,7-8,16H,6,14-15H2. The lowest BCUT2D eigenvalue weighted by atomic mass is 10.0. The van der Waals surface area contributed by atoms with E-state index in [9.17, 15) is 5.11 Å². The minimum atomic E-state index is 0.122. The first-order valence-corrected chi connectivity index (χ1v) is 5.07. The van der Waals surface area contributed by atoms with Crippen LogP contribution in [0.4, 0.5) is 11.4 Å². The minimum Gasteiger partial charge on any atom is -0.506 e. The first-order valence-electron chi connectivity index (χ1n) is 5.07. The molecule has 0 aliphatic carbocycles. The summed E-state index contributed by atoms with van der Waals surface area (Å²) in [5.74, 6) is 0.122. The van der Waals surface area contributed by atoms with Gasteiger partial charge in [-0.3, -0.25) is 0 Å². The zero-order chi connectivity index (χ0) is 11.5. The number of hydrogen-bond acceptors (Lipinski definition) is 3. The highest BCUT2D eigenvalue weighted by molar-refractivity contribution is 5.54. The second kappa shape index (κ2) is 4.14. The largest absolute Gasteiger partial charge is 0.506 e. The Kier molecular flexibility index (Phi) is 2.68. The molecule has 3 heteroatoms. The lowest BCUT2D eigenvalue weighted by Crippen LogP contribution is -1.93. The zero-order valence-corrected chi connectivity index (χ0v) is 8.85. The van der Waals surface area contributed by atoms with Gasteiger partial charge in [0.15, 0.2) is 0 Å². The second-order valence-corrected chi connectivity index (χ2v) is 3.81. The van der Waals surface area contributed by atoms with Gasteiger partial charge in [-0.2, -0.15) is 0 Å². The number of hydrogen-bond donors (Lipinski definition) is 3. The summed E-state index contributed by atoms with van der Waals surface area (Å²) < 4.78 is 0. The molecule has 0 atom stereocenters. The molecule has 3 nitrogen and oxygen atoms in total. The molecule has 0 aliphatic heterocycles. The Morgan fingerprint density at radius 2 is 1.69 bits per heavy atom. The summed E-state index contributed by atoms with van der Waals surface area (Å²) in [5, 5.41) is 9.31. The quantitative estimate of drug-likeness (QED) is 0.529. The van der Waals surface area contributed by atoms with Crippen molar-refractivity contribution in [1.29, 1.82) is 0 Å². The molecule has 0 saturated heterocycles. The van der Waals surface area contributed by atoms with Crippen molar-refractivity contribution in [1.82, 2.24) is 0 Å². The molecule has 2 aromatic rings. The van der Waals surface area contributed by atoms with E-state index in [1.54, 1.807) is 12.1 Å². The summed E-state index contributed by atoms with van der Waals surface area (Å²) >= 11 is 0. The third-order valence-corrected chi connectivity index (χ3v) is 2.45. The smallest absolute Gasteiger partial charge is 0.138 e. The molecule has 0 spiro atoms. The van der Waals surface area contributed by atoms with E-state index in [1.165, 1.54) is 0 Å². The molecule has 0 fully saturated rings. The number of phenols is 1. The molecule has 82 valence electrons. The van der Waals surface area contributed by atoms with Gasteiger partial charge in [0, 0.05) is 5.69 Å². The summed E-state index contributed by atoms with van der Waals surface area (Å²) in [5.41, 5.74) is 14.7. The number of nitrogen functional groups attached to an aromatic ring is 2. The molecule has 0 aromatic heterocycles. The van der Waals surface area contributed by atoms with Gasteiger partial charge in [0.1, 0.15) is 5.75 Å². The van der Waals surface area contributed by atoms with Crippen molar-refractivity contribution in [2.75, 3.05) is 11.5 Å². The summed E-state index contributed by atoms with van der Waals surface area (Å²) in [7, 11) is 0. The van der Waals surface area contributed by atoms with Crippen LogP contribution in [0.2, 0.25) is 0 Å². The topological polar surface area (TPSA) is 72.3 Å². The van der Waals surface area contributed by atoms with Gasteiger partial charge in [-0.05, 0) is 41.8 Å². The highest BCUT2D eigenvalue weighted by Gasteiger charge is 2.00. The molecule has 0 unspecified atom stereocenters. The molecule has 2 rings (SSSR count). The monoisotopic (exact) mass is 214 g/mol. The Morgan fingerprint density at radius 1 is 0.938 bits per heavy atom. The van der Waals surface area contributed by atoms with E-state index < -0.39 is 0 Å². The zero-order valence-electron chi connectivity index (χ0n) is 8.85. The van der Waals surface area contributed by atoms with Crippen molar-refractivity contribution in [3.8, 4) is 5.75 Å². The van der Waals surface area contributed by atoms with Gasteiger partial charge in [0.2, 0.25) is 0 Å². The second-order valence-electron chi connectivity index (χ2n) is 3.81. The molecule has 2 aromatic carbocycles. The van der Waals surface area contributed by atoms with E-state index in [-0.39, 0.29) is 5.75 Å². The number of phenolic OH excluding ortho intramolecular Hbond substituents is 1. The van der Waals surface area contributed by atoms with Gasteiger partial charge in [-0.25, -0.2) is 0 Å². The lowest BCUT2D eigenvalue weighted by molar-refractivity contribution is 0.478. The molecular weight excluding hydrogens is 200 g/mol. The Morgan fingerprint density at radius 3 is 2.38 bits per heavy atom. The lowest BCUT2D eigenvalue weighted by Gasteiger charge is -2.05. The van der Waals surface area contributed by atoms with Gasteiger partial charge < -0.3 is 16.6 Å². The average Bonchev–Trinajstić information content (AvgIpc) is 2.24. The van der Waals surface area contributed by atoms with Gasteiger partial charge in [0.05, 0.1) is 5.69 Å². The minimum absolute atomic E-state index is 0.122. The van der Waals surface area contributed by atoms with Crippen LogP contribution in [0.5, 0.6) is 5.75 Å². The van der Waals surface area contributed by atoms with Crippen LogP contribution in [-0.4, -0.2) is 5.11 Å². The summed E-state index contributed by atoms with van der Waals surface area (Å²) in [6.07, 6.45) is 0.759. The number of rotatable bonds is 2. The number of aromatic hydroxyl groups is 1. The average molecular weight is 214 g/mol. The highest BCUT2D eigenvalue weighted by atomic mass is 16.3. The maximum Gasteiger partial charge on any atom is 0.138 e. The SMILES string of the molecule is Nc1cccc(Cc2ccc(O)c(N)c2)c1. The number of benzene rings is 2. The third kappa shape index (κ3) is 2.25. The van der Waals surface area contributed by atoms with Crippen LogP contribution in [-0.2, 0) is 6.42 Å². The summed E-state index contributed by atoms with van der Waals surface area (Å²) in [6, 6.07) is 13.0. The van der Waals surface area contributed by atoms with Gasteiger partial charge in [-0.15, -0.1) is 0 Å². The molecular formula is C13H14N2O. The van der Waals surface area contributed by atoms with Crippen LogP contribution >= 0.6 is 0 Å². The normalized spacial score (nSPS) is 10.2. The Hall–Kier alpha value is -2.16. The molecule has 0 amide bonds. The Balaban J connectivity index is 2.24. The third-order valence-electron chi connectivity index (χ3n) is 2.45. The first kappa shape index (κ1) is 10.4. The van der Waals surface area contributed by atoms with Crippen molar-refractivity contribution >= 4 is 11.4 Å². The predicted molar refractivity (Wildman–Crippen MR) is 66.2 cm³/mol. The van der Waals surface area contributed by atoms with Crippen molar-refractivity contribution in [2.45, 2.75) is 6.42 Å². The van der Waals surface area contributed by atoms with E-state index in [4.69, 9.17) is 11.5 Å². The van der Waals surface area contributed by atoms with Gasteiger partial charge in [0.25, 0.3) is 0 Å². The summed E-state index contributed by atoms with van der Waals surface area (Å²) in [6.45, 7) is 0. The molecule has 0 bridgehead atoms. The van der Waals surface area contributed by atoms with Crippen LogP contribution in [0.1, 0.15) is 11.1 Å². The molecule has 16 heavy (non-hydrogen) atoms. The molecule has 0 aliphatic rings. The highest BCUT2D eigenvalue weighted by Crippen LogP contribution is 2.22. The van der Waals surface area contributed by atoms with E-state index in [1.807, 2.05) is 30.3 Å². The van der Waals surface area contributed by atoms with Crippen LogP contribution in [0.3, 0.4) is 0 Å². The maximum absolute atomic E-state index is 9.31. The Labute approximate surface area is 94.3 Å². The maximum atomic E-state index is 9.31. The molecule has 5 N–H and O–H groups in total. The predicted octanol–water partition coefficient (Wildman–Crippen LogP) is 2.15. The first-order chi connectivity index (χ1) is 7.65. The van der Waals surface area contributed by atoms with Gasteiger partial charge >= 0.3 is 0 Å². The van der Waals surface area contributed by atoms with Crippen molar-refractivity contribution in [3.63, 3.8) is 0 Å². The fourth-order valence-corrected chi connectivity index (χ4v) is 1.65. The molecule has 0 radical (unpaired) electrons. The molecule has 0 saturated carbocycles. The van der Waals surface area contributed by atoms with Crippen LogP contribution in [0.15, 0.2) is 42.5 Å². The fourth-order valence-electron chi connectivity index (χ4n) is 1.65. The number of nitrogens with two attached hydrogens (primary N) is 2. The number of anilines is 2. The van der Waals surface area contributed by atoms with Crippen molar-refractivity contribution < 1.29 is 5.11 Å². The van der Waals surface area contributed by atoms with Crippen LogP contribution in [0.25, 0.3) is 0 Å². The van der Waals surface area contributed by atoms with Gasteiger partial charge in [-0.1, -0.05) is 18.2 Å². The molecule has 0 heterocycles.